The van der Waals surface area contributed by atoms with E-state index in [0.29, 0.717) is 25.6 Å². The molecule has 0 atom stereocenters. The van der Waals surface area contributed by atoms with Crippen LogP contribution in [0.3, 0.4) is 0 Å². The predicted octanol–water partition coefficient (Wildman–Crippen LogP) is 3.98. The van der Waals surface area contributed by atoms with E-state index in [-0.39, 0.29) is 36.3 Å². The van der Waals surface area contributed by atoms with Crippen molar-refractivity contribution in [2.24, 2.45) is 4.99 Å². The number of rotatable bonds is 8. The van der Waals surface area contributed by atoms with Gasteiger partial charge in [0.2, 0.25) is 0 Å². The third kappa shape index (κ3) is 8.25. The Morgan fingerprint density at radius 1 is 1.24 bits per heavy atom. The Morgan fingerprint density at radius 3 is 2.59 bits per heavy atom. The van der Waals surface area contributed by atoms with E-state index < -0.39 is 11.7 Å². The highest BCUT2D eigenvalue weighted by atomic mass is 127. The summed E-state index contributed by atoms with van der Waals surface area (Å²) < 4.78 is 44.2. The fraction of sp³-hybridized carbons (Fsp3) is 0.444. The molecule has 2 aromatic rings. The second kappa shape index (κ2) is 12.1. The van der Waals surface area contributed by atoms with E-state index in [0.717, 1.165) is 16.9 Å². The number of hydrogen-bond acceptors (Lipinski definition) is 5. The maximum atomic E-state index is 13.0. The molecular formula is C18H25F3IN5OS. The molecule has 11 heteroatoms. The molecule has 6 nitrogen and oxygen atoms in total. The van der Waals surface area contributed by atoms with Gasteiger partial charge in [0.1, 0.15) is 12.4 Å². The monoisotopic (exact) mass is 543 g/mol. The second-order valence-electron chi connectivity index (χ2n) is 5.98. The Kier molecular flexibility index (Phi) is 10.5. The van der Waals surface area contributed by atoms with Gasteiger partial charge < -0.3 is 20.3 Å². The zero-order valence-electron chi connectivity index (χ0n) is 16.4. The van der Waals surface area contributed by atoms with Crippen molar-refractivity contribution in [3.8, 4) is 5.75 Å². The van der Waals surface area contributed by atoms with Crippen LogP contribution >= 0.6 is 35.3 Å². The van der Waals surface area contributed by atoms with E-state index in [1.807, 2.05) is 31.3 Å². The molecule has 0 saturated carbocycles. The van der Waals surface area contributed by atoms with Crippen LogP contribution in [-0.2, 0) is 12.7 Å². The summed E-state index contributed by atoms with van der Waals surface area (Å²) >= 11 is 1.54. The molecule has 162 valence electrons. The van der Waals surface area contributed by atoms with Gasteiger partial charge in [0, 0.05) is 26.0 Å². The molecule has 0 aliphatic carbocycles. The first-order chi connectivity index (χ1) is 13.3. The van der Waals surface area contributed by atoms with Crippen LogP contribution in [0.15, 0.2) is 34.6 Å². The van der Waals surface area contributed by atoms with Crippen molar-refractivity contribution in [1.29, 1.82) is 0 Å². The third-order valence-corrected chi connectivity index (χ3v) is 4.57. The SMILES string of the molecule is CCNC(=NCc1csc(N(C)C)n1)NCCOc1ccccc1C(F)(F)F.I. The smallest absolute Gasteiger partial charge is 0.419 e. The van der Waals surface area contributed by atoms with Gasteiger partial charge in [-0.15, -0.1) is 35.3 Å². The number of nitrogens with one attached hydrogen (secondary N) is 2. The van der Waals surface area contributed by atoms with Gasteiger partial charge in [-0.2, -0.15) is 13.2 Å². The van der Waals surface area contributed by atoms with Crippen LogP contribution in [-0.4, -0.2) is 44.7 Å². The van der Waals surface area contributed by atoms with Gasteiger partial charge in [0.05, 0.1) is 24.3 Å². The maximum Gasteiger partial charge on any atom is 0.419 e. The van der Waals surface area contributed by atoms with E-state index in [1.165, 1.54) is 29.5 Å². The van der Waals surface area contributed by atoms with Crippen molar-refractivity contribution >= 4 is 46.4 Å². The lowest BCUT2D eigenvalue weighted by Crippen LogP contribution is -2.39. The maximum absolute atomic E-state index is 13.0. The van der Waals surface area contributed by atoms with Crippen molar-refractivity contribution < 1.29 is 17.9 Å². The summed E-state index contributed by atoms with van der Waals surface area (Å²) in [6.07, 6.45) is -4.45. The lowest BCUT2D eigenvalue weighted by Gasteiger charge is -2.15. The lowest BCUT2D eigenvalue weighted by atomic mass is 10.2. The number of halogens is 4. The van der Waals surface area contributed by atoms with Gasteiger partial charge in [-0.1, -0.05) is 12.1 Å². The summed E-state index contributed by atoms with van der Waals surface area (Å²) in [6, 6.07) is 5.17. The predicted molar refractivity (Wildman–Crippen MR) is 122 cm³/mol. The van der Waals surface area contributed by atoms with E-state index >= 15 is 0 Å². The van der Waals surface area contributed by atoms with Crippen molar-refractivity contribution in [2.75, 3.05) is 38.7 Å². The Morgan fingerprint density at radius 2 is 1.97 bits per heavy atom. The highest BCUT2D eigenvalue weighted by molar-refractivity contribution is 14.0. The van der Waals surface area contributed by atoms with Crippen LogP contribution in [0.25, 0.3) is 0 Å². The molecular weight excluding hydrogens is 518 g/mol. The quantitative estimate of drug-likeness (QED) is 0.229. The van der Waals surface area contributed by atoms with Crippen LogP contribution in [0.2, 0.25) is 0 Å². The van der Waals surface area contributed by atoms with Gasteiger partial charge >= 0.3 is 6.18 Å². The molecule has 0 fully saturated rings. The fourth-order valence-corrected chi connectivity index (χ4v) is 2.98. The summed E-state index contributed by atoms with van der Waals surface area (Å²) in [4.78, 5) is 10.8. The van der Waals surface area contributed by atoms with Gasteiger partial charge in [-0.3, -0.25) is 0 Å². The van der Waals surface area contributed by atoms with E-state index in [1.54, 1.807) is 0 Å². The van der Waals surface area contributed by atoms with Crippen LogP contribution in [0, 0.1) is 0 Å². The van der Waals surface area contributed by atoms with E-state index in [9.17, 15) is 13.2 Å². The number of aliphatic imine (C=N–C) groups is 1. The van der Waals surface area contributed by atoms with Crippen LogP contribution in [0.4, 0.5) is 18.3 Å². The number of alkyl halides is 3. The molecule has 0 aliphatic heterocycles. The molecule has 29 heavy (non-hydrogen) atoms. The molecule has 1 aromatic carbocycles. The minimum Gasteiger partial charge on any atom is -0.491 e. The summed E-state index contributed by atoms with van der Waals surface area (Å²) in [6.45, 7) is 3.36. The molecule has 2 N–H and O–H groups in total. The Labute approximate surface area is 189 Å². The Bertz CT molecular complexity index is 783. The number of guanidine groups is 1. The topological polar surface area (TPSA) is 61.8 Å². The average molecular weight is 543 g/mol. The van der Waals surface area contributed by atoms with Crippen molar-refractivity contribution in [3.63, 3.8) is 0 Å². The molecule has 2 rings (SSSR count). The van der Waals surface area contributed by atoms with Gasteiger partial charge in [-0.25, -0.2) is 9.98 Å². The van der Waals surface area contributed by atoms with Crippen LogP contribution in [0.1, 0.15) is 18.2 Å². The molecule has 0 amide bonds. The number of ether oxygens (including phenoxy) is 1. The summed E-state index contributed by atoms with van der Waals surface area (Å²) in [5.41, 5.74) is 0.0667. The largest absolute Gasteiger partial charge is 0.491 e. The second-order valence-corrected chi connectivity index (χ2v) is 6.82. The average Bonchev–Trinajstić information content (AvgIpc) is 3.12. The highest BCUT2D eigenvalue weighted by Gasteiger charge is 2.33. The minimum absolute atomic E-state index is 0. The van der Waals surface area contributed by atoms with Gasteiger partial charge in [-0.05, 0) is 19.1 Å². The molecule has 0 saturated heterocycles. The molecule has 0 spiro atoms. The molecule has 1 heterocycles. The Hall–Kier alpha value is -1.76. The molecule has 0 radical (unpaired) electrons. The van der Waals surface area contributed by atoms with Crippen molar-refractivity contribution in [1.82, 2.24) is 15.6 Å². The first-order valence-corrected chi connectivity index (χ1v) is 9.62. The third-order valence-electron chi connectivity index (χ3n) is 3.51. The van der Waals surface area contributed by atoms with Crippen molar-refractivity contribution in [2.45, 2.75) is 19.6 Å². The standard InChI is InChI=1S/C18H24F3N5OS.HI/c1-4-22-16(24-11-13-12-28-17(25-13)26(2)3)23-9-10-27-15-8-6-5-7-14(15)18(19,20)21;/h5-8,12H,4,9-11H2,1-3H3,(H2,22,23,24);1H. The number of anilines is 1. The van der Waals surface area contributed by atoms with Gasteiger partial charge in [0.25, 0.3) is 0 Å². The minimum atomic E-state index is -4.45. The fourth-order valence-electron chi connectivity index (χ4n) is 2.23. The first-order valence-electron chi connectivity index (χ1n) is 8.74. The normalized spacial score (nSPS) is 11.6. The van der Waals surface area contributed by atoms with E-state index in [4.69, 9.17) is 4.74 Å². The van der Waals surface area contributed by atoms with Crippen LogP contribution in [0.5, 0.6) is 5.75 Å². The summed E-state index contributed by atoms with van der Waals surface area (Å²) in [7, 11) is 3.85. The molecule has 0 aliphatic rings. The molecule has 0 unspecified atom stereocenters. The Balaban J connectivity index is 0.00000420. The van der Waals surface area contributed by atoms with Gasteiger partial charge in [0.15, 0.2) is 11.1 Å². The number of thiazole rings is 1. The lowest BCUT2D eigenvalue weighted by molar-refractivity contribution is -0.138. The highest BCUT2D eigenvalue weighted by Crippen LogP contribution is 2.35. The number of nitrogens with zero attached hydrogens (tertiary/aromatic N) is 3. The summed E-state index contributed by atoms with van der Waals surface area (Å²) in [5.74, 6) is 0.368. The molecule has 1 aromatic heterocycles. The summed E-state index contributed by atoms with van der Waals surface area (Å²) in [5, 5.41) is 8.98. The molecule has 0 bridgehead atoms. The number of benzene rings is 1. The van der Waals surface area contributed by atoms with E-state index in [2.05, 4.69) is 20.6 Å². The number of aromatic nitrogens is 1. The zero-order valence-corrected chi connectivity index (χ0v) is 19.6. The number of hydrogen-bond donors (Lipinski definition) is 2. The zero-order chi connectivity index (χ0) is 20.6. The first kappa shape index (κ1) is 25.3. The van der Waals surface area contributed by atoms with Crippen molar-refractivity contribution in [3.05, 3.63) is 40.9 Å². The van der Waals surface area contributed by atoms with Crippen LogP contribution < -0.4 is 20.3 Å². The number of para-hydroxylation sites is 1.